The van der Waals surface area contributed by atoms with Crippen molar-refractivity contribution in [1.82, 2.24) is 4.90 Å². The molecule has 0 unspecified atom stereocenters. The van der Waals surface area contributed by atoms with Crippen molar-refractivity contribution in [2.75, 3.05) is 24.5 Å². The molecule has 0 N–H and O–H groups in total. The number of hydrogen-bond donors (Lipinski definition) is 0. The first-order valence-electron chi connectivity index (χ1n) is 9.69. The SMILES string of the molecule is O=C(c1cccs1)N1CCC(C(=O)N2CCCc3cc(C(F)(F)F)ccc32)CC1. The number of hydrogen-bond acceptors (Lipinski definition) is 3. The molecule has 154 valence electrons. The number of rotatable bonds is 2. The topological polar surface area (TPSA) is 40.6 Å². The summed E-state index contributed by atoms with van der Waals surface area (Å²) in [5.74, 6) is -0.265. The third-order valence-electron chi connectivity index (χ3n) is 5.65. The van der Waals surface area contributed by atoms with Gasteiger partial charge in [-0.3, -0.25) is 9.59 Å². The van der Waals surface area contributed by atoms with Crippen LogP contribution in [0.15, 0.2) is 35.7 Å². The van der Waals surface area contributed by atoms with Crippen LogP contribution in [0.2, 0.25) is 0 Å². The van der Waals surface area contributed by atoms with Crippen molar-refractivity contribution in [3.05, 3.63) is 51.7 Å². The van der Waals surface area contributed by atoms with Gasteiger partial charge in [0.05, 0.1) is 10.4 Å². The summed E-state index contributed by atoms with van der Waals surface area (Å²) in [7, 11) is 0. The maximum Gasteiger partial charge on any atom is 0.416 e. The van der Waals surface area contributed by atoms with E-state index in [9.17, 15) is 22.8 Å². The average Bonchev–Trinajstić information content (AvgIpc) is 3.26. The van der Waals surface area contributed by atoms with Crippen LogP contribution in [-0.2, 0) is 17.4 Å². The highest BCUT2D eigenvalue weighted by atomic mass is 32.1. The van der Waals surface area contributed by atoms with E-state index in [1.807, 2.05) is 11.4 Å². The zero-order chi connectivity index (χ0) is 20.6. The number of benzene rings is 1. The van der Waals surface area contributed by atoms with Crippen LogP contribution in [0.1, 0.15) is 40.1 Å². The number of alkyl halides is 3. The van der Waals surface area contributed by atoms with Gasteiger partial charge in [-0.1, -0.05) is 6.07 Å². The quantitative estimate of drug-likeness (QED) is 0.710. The molecule has 2 amide bonds. The van der Waals surface area contributed by atoms with Crippen LogP contribution in [0.5, 0.6) is 0 Å². The number of anilines is 1. The molecule has 8 heteroatoms. The fraction of sp³-hybridized carbons (Fsp3) is 0.429. The Balaban J connectivity index is 1.44. The third kappa shape index (κ3) is 4.03. The predicted molar refractivity (Wildman–Crippen MR) is 105 cm³/mol. The zero-order valence-corrected chi connectivity index (χ0v) is 16.6. The van der Waals surface area contributed by atoms with Gasteiger partial charge in [0.15, 0.2) is 0 Å². The molecular formula is C21H21F3N2O2S. The van der Waals surface area contributed by atoms with E-state index in [1.165, 1.54) is 17.4 Å². The van der Waals surface area contributed by atoms with Crippen LogP contribution in [-0.4, -0.2) is 36.3 Å². The fourth-order valence-corrected chi connectivity index (χ4v) is 4.80. The average molecular weight is 422 g/mol. The van der Waals surface area contributed by atoms with Crippen molar-refractivity contribution in [1.29, 1.82) is 0 Å². The van der Waals surface area contributed by atoms with Gasteiger partial charge in [0.2, 0.25) is 5.91 Å². The standard InChI is InChI=1S/C21H21F3N2O2S/c22-21(23,24)16-5-6-17-15(13-16)3-1-9-26(17)19(27)14-7-10-25(11-8-14)20(28)18-4-2-12-29-18/h2,4-6,12-14H,1,3,7-11H2. The number of nitrogens with zero attached hydrogens (tertiary/aromatic N) is 2. The number of piperidine rings is 1. The minimum Gasteiger partial charge on any atom is -0.338 e. The van der Waals surface area contributed by atoms with Crippen LogP contribution < -0.4 is 4.90 Å². The number of halogens is 3. The van der Waals surface area contributed by atoms with Crippen LogP contribution in [0.3, 0.4) is 0 Å². The molecule has 0 saturated carbocycles. The molecular weight excluding hydrogens is 401 g/mol. The molecule has 0 aliphatic carbocycles. The van der Waals surface area contributed by atoms with E-state index >= 15 is 0 Å². The van der Waals surface area contributed by atoms with E-state index in [2.05, 4.69) is 0 Å². The number of carbonyl (C=O) groups is 2. The molecule has 0 atom stereocenters. The van der Waals surface area contributed by atoms with Crippen LogP contribution in [0.4, 0.5) is 18.9 Å². The van der Waals surface area contributed by atoms with Crippen molar-refractivity contribution >= 4 is 28.8 Å². The van der Waals surface area contributed by atoms with E-state index in [-0.39, 0.29) is 17.7 Å². The van der Waals surface area contributed by atoms with Gasteiger partial charge in [-0.15, -0.1) is 11.3 Å². The predicted octanol–water partition coefficient (Wildman–Crippen LogP) is 4.60. The number of fused-ring (bicyclic) bond motifs is 1. The third-order valence-corrected chi connectivity index (χ3v) is 6.51. The van der Waals surface area contributed by atoms with Gasteiger partial charge < -0.3 is 9.80 Å². The second-order valence-corrected chi connectivity index (χ2v) is 8.43. The van der Waals surface area contributed by atoms with Gasteiger partial charge in [0, 0.05) is 31.2 Å². The molecule has 0 radical (unpaired) electrons. The van der Waals surface area contributed by atoms with E-state index in [4.69, 9.17) is 0 Å². The first kappa shape index (κ1) is 19.9. The second kappa shape index (κ2) is 7.82. The summed E-state index contributed by atoms with van der Waals surface area (Å²) in [5, 5.41) is 1.86. The summed E-state index contributed by atoms with van der Waals surface area (Å²) >= 11 is 1.40. The largest absolute Gasteiger partial charge is 0.416 e. The number of amides is 2. The molecule has 3 heterocycles. The molecule has 0 bridgehead atoms. The van der Waals surface area contributed by atoms with Crippen molar-refractivity contribution in [2.45, 2.75) is 31.9 Å². The minimum atomic E-state index is -4.39. The van der Waals surface area contributed by atoms with Crippen molar-refractivity contribution in [3.8, 4) is 0 Å². The maximum absolute atomic E-state index is 13.1. The highest BCUT2D eigenvalue weighted by molar-refractivity contribution is 7.12. The van der Waals surface area contributed by atoms with E-state index < -0.39 is 11.7 Å². The van der Waals surface area contributed by atoms with Gasteiger partial charge in [0.25, 0.3) is 5.91 Å². The lowest BCUT2D eigenvalue weighted by atomic mass is 9.92. The zero-order valence-electron chi connectivity index (χ0n) is 15.7. The fourth-order valence-electron chi connectivity index (χ4n) is 4.11. The van der Waals surface area contributed by atoms with E-state index in [0.717, 1.165) is 12.1 Å². The van der Waals surface area contributed by atoms with E-state index in [1.54, 1.807) is 15.9 Å². The van der Waals surface area contributed by atoms with Gasteiger partial charge in [-0.25, -0.2) is 0 Å². The Hall–Kier alpha value is -2.35. The summed E-state index contributed by atoms with van der Waals surface area (Å²) in [6.45, 7) is 1.55. The summed E-state index contributed by atoms with van der Waals surface area (Å²) in [6.07, 6.45) is -2.05. The second-order valence-electron chi connectivity index (χ2n) is 7.48. The summed E-state index contributed by atoms with van der Waals surface area (Å²) in [6, 6.07) is 7.27. The molecule has 4 rings (SSSR count). The van der Waals surface area contributed by atoms with Gasteiger partial charge in [0.1, 0.15) is 0 Å². The summed E-state index contributed by atoms with van der Waals surface area (Å²) in [5.41, 5.74) is 0.488. The first-order chi connectivity index (χ1) is 13.8. The molecule has 2 aliphatic heterocycles. The smallest absolute Gasteiger partial charge is 0.338 e. The van der Waals surface area contributed by atoms with Crippen LogP contribution in [0, 0.1) is 5.92 Å². The van der Waals surface area contributed by atoms with Gasteiger partial charge >= 0.3 is 6.18 Å². The number of likely N-dealkylation sites (tertiary alicyclic amines) is 1. The Morgan fingerprint density at radius 2 is 1.83 bits per heavy atom. The lowest BCUT2D eigenvalue weighted by Crippen LogP contribution is -2.45. The summed E-state index contributed by atoms with van der Waals surface area (Å²) in [4.78, 5) is 29.7. The molecule has 29 heavy (non-hydrogen) atoms. The molecule has 1 aromatic carbocycles. The number of carbonyl (C=O) groups excluding carboxylic acids is 2. The lowest BCUT2D eigenvalue weighted by molar-refractivity contribution is -0.137. The van der Waals surface area contributed by atoms with Crippen molar-refractivity contribution < 1.29 is 22.8 Å². The van der Waals surface area contributed by atoms with Crippen molar-refractivity contribution in [2.24, 2.45) is 5.92 Å². The Morgan fingerprint density at radius 1 is 1.07 bits per heavy atom. The highest BCUT2D eigenvalue weighted by Crippen LogP contribution is 2.36. The maximum atomic E-state index is 13.1. The van der Waals surface area contributed by atoms with Crippen LogP contribution in [0.25, 0.3) is 0 Å². The van der Waals surface area contributed by atoms with E-state index in [0.29, 0.717) is 61.4 Å². The molecule has 2 aliphatic rings. The molecule has 1 fully saturated rings. The van der Waals surface area contributed by atoms with Crippen LogP contribution >= 0.6 is 11.3 Å². The molecule has 1 aromatic heterocycles. The number of thiophene rings is 1. The first-order valence-corrected chi connectivity index (χ1v) is 10.6. The molecule has 1 saturated heterocycles. The van der Waals surface area contributed by atoms with Gasteiger partial charge in [-0.2, -0.15) is 13.2 Å². The Kier molecular flexibility index (Phi) is 5.38. The minimum absolute atomic E-state index is 0.00565. The van der Waals surface area contributed by atoms with Gasteiger partial charge in [-0.05, 0) is 60.9 Å². The summed E-state index contributed by atoms with van der Waals surface area (Å²) < 4.78 is 39.0. The number of aryl methyl sites for hydroxylation is 1. The van der Waals surface area contributed by atoms with Crippen molar-refractivity contribution in [3.63, 3.8) is 0 Å². The Labute approximate surface area is 170 Å². The molecule has 0 spiro atoms. The molecule has 2 aromatic rings. The lowest BCUT2D eigenvalue weighted by Gasteiger charge is -2.36. The highest BCUT2D eigenvalue weighted by Gasteiger charge is 2.35. The molecule has 4 nitrogen and oxygen atoms in total. The Morgan fingerprint density at radius 3 is 2.48 bits per heavy atom. The Bertz CT molecular complexity index is 903. The monoisotopic (exact) mass is 422 g/mol. The normalized spacial score (nSPS) is 17.9.